The zero-order valence-corrected chi connectivity index (χ0v) is 15.3. The third-order valence-electron chi connectivity index (χ3n) is 4.26. The zero-order chi connectivity index (χ0) is 18.2. The minimum absolute atomic E-state index is 0.0418. The molecule has 0 aliphatic heterocycles. The molecule has 0 spiro atoms. The first-order valence-electron chi connectivity index (χ1n) is 8.30. The summed E-state index contributed by atoms with van der Waals surface area (Å²) in [5.41, 5.74) is 1.93. The average molecular weight is 342 g/mol. The Morgan fingerprint density at radius 3 is 2.48 bits per heavy atom. The van der Waals surface area contributed by atoms with Crippen molar-refractivity contribution in [1.82, 2.24) is 5.32 Å². The number of nitrogens with zero attached hydrogens (tertiary/aromatic N) is 1. The fraction of sp³-hybridized carbons (Fsp3) is 0.350. The highest BCUT2D eigenvalue weighted by Gasteiger charge is 2.13. The molecule has 0 fully saturated rings. The van der Waals surface area contributed by atoms with Gasteiger partial charge in [-0.15, -0.1) is 0 Å². The van der Waals surface area contributed by atoms with E-state index >= 15 is 0 Å². The summed E-state index contributed by atoms with van der Waals surface area (Å²) in [6, 6.07) is 15.8. The van der Waals surface area contributed by atoms with Gasteiger partial charge in [0.15, 0.2) is 0 Å². The monoisotopic (exact) mass is 342 g/mol. The summed E-state index contributed by atoms with van der Waals surface area (Å²) in [6.07, 6.45) is 0.252. The van der Waals surface area contributed by atoms with Crippen LogP contribution in [-0.2, 0) is 11.2 Å². The highest BCUT2D eigenvalue weighted by molar-refractivity contribution is 5.79. The van der Waals surface area contributed by atoms with Crippen LogP contribution in [0.25, 0.3) is 0 Å². The molecule has 0 heterocycles. The summed E-state index contributed by atoms with van der Waals surface area (Å²) >= 11 is 0. The van der Waals surface area contributed by atoms with Gasteiger partial charge in [-0.05, 0) is 37.3 Å². The number of rotatable bonds is 8. The fourth-order valence-electron chi connectivity index (χ4n) is 2.57. The van der Waals surface area contributed by atoms with Crippen molar-refractivity contribution in [3.63, 3.8) is 0 Å². The lowest BCUT2D eigenvalue weighted by atomic mass is 10.1. The van der Waals surface area contributed by atoms with E-state index in [1.807, 2.05) is 43.4 Å². The quantitative estimate of drug-likeness (QED) is 0.801. The molecule has 1 unspecified atom stereocenters. The highest BCUT2D eigenvalue weighted by Crippen LogP contribution is 2.24. The van der Waals surface area contributed by atoms with E-state index in [4.69, 9.17) is 9.47 Å². The maximum Gasteiger partial charge on any atom is 0.224 e. The van der Waals surface area contributed by atoms with Gasteiger partial charge >= 0.3 is 0 Å². The number of nitrogens with one attached hydrogen (secondary N) is 1. The SMILES string of the molecule is COc1ccc(OC)c(CC(=O)NCC(C)N(C)c2ccccc2)c1. The first-order valence-corrected chi connectivity index (χ1v) is 8.30. The molecule has 2 aromatic rings. The minimum atomic E-state index is -0.0418. The van der Waals surface area contributed by atoms with Gasteiger partial charge in [0.1, 0.15) is 11.5 Å². The number of carbonyl (C=O) groups excluding carboxylic acids is 1. The Bertz CT molecular complexity index is 689. The molecule has 0 radical (unpaired) electrons. The van der Waals surface area contributed by atoms with Gasteiger partial charge in [0.05, 0.1) is 20.6 Å². The lowest BCUT2D eigenvalue weighted by Gasteiger charge is -2.27. The molecule has 134 valence electrons. The topological polar surface area (TPSA) is 50.8 Å². The van der Waals surface area contributed by atoms with Crippen molar-refractivity contribution in [3.8, 4) is 11.5 Å². The summed E-state index contributed by atoms with van der Waals surface area (Å²) in [4.78, 5) is 14.5. The Morgan fingerprint density at radius 1 is 1.12 bits per heavy atom. The molecule has 0 aliphatic carbocycles. The molecular formula is C20H26N2O3. The number of para-hydroxylation sites is 1. The molecule has 1 amide bonds. The molecule has 0 aromatic heterocycles. The minimum Gasteiger partial charge on any atom is -0.497 e. The fourth-order valence-corrected chi connectivity index (χ4v) is 2.57. The largest absolute Gasteiger partial charge is 0.497 e. The molecule has 1 atom stereocenters. The second-order valence-corrected chi connectivity index (χ2v) is 5.95. The summed E-state index contributed by atoms with van der Waals surface area (Å²) in [6.45, 7) is 2.65. The third-order valence-corrected chi connectivity index (χ3v) is 4.26. The number of methoxy groups -OCH3 is 2. The van der Waals surface area contributed by atoms with Crippen LogP contribution in [0.3, 0.4) is 0 Å². The van der Waals surface area contributed by atoms with Crippen molar-refractivity contribution in [1.29, 1.82) is 0 Å². The van der Waals surface area contributed by atoms with Crippen LogP contribution < -0.4 is 19.7 Å². The lowest BCUT2D eigenvalue weighted by molar-refractivity contribution is -0.120. The van der Waals surface area contributed by atoms with Crippen molar-refractivity contribution >= 4 is 11.6 Å². The van der Waals surface area contributed by atoms with Gasteiger partial charge < -0.3 is 19.7 Å². The lowest BCUT2D eigenvalue weighted by Crippen LogP contribution is -2.40. The van der Waals surface area contributed by atoms with Gasteiger partial charge in [-0.1, -0.05) is 18.2 Å². The van der Waals surface area contributed by atoms with E-state index in [9.17, 15) is 4.79 Å². The van der Waals surface area contributed by atoms with Gasteiger partial charge in [-0.25, -0.2) is 0 Å². The van der Waals surface area contributed by atoms with Gasteiger partial charge in [-0.2, -0.15) is 0 Å². The van der Waals surface area contributed by atoms with E-state index in [0.717, 1.165) is 11.3 Å². The smallest absolute Gasteiger partial charge is 0.224 e. The summed E-state index contributed by atoms with van der Waals surface area (Å²) in [7, 11) is 5.23. The van der Waals surface area contributed by atoms with Crippen LogP contribution in [0, 0.1) is 0 Å². The van der Waals surface area contributed by atoms with Gasteiger partial charge in [-0.3, -0.25) is 4.79 Å². The number of amides is 1. The van der Waals surface area contributed by atoms with Crippen LogP contribution in [0.2, 0.25) is 0 Å². The molecule has 0 saturated heterocycles. The Labute approximate surface area is 149 Å². The maximum atomic E-state index is 12.3. The van der Waals surface area contributed by atoms with Gasteiger partial charge in [0.25, 0.3) is 0 Å². The second kappa shape index (κ2) is 8.97. The van der Waals surface area contributed by atoms with Crippen LogP contribution in [-0.4, -0.2) is 39.8 Å². The van der Waals surface area contributed by atoms with Crippen molar-refractivity contribution < 1.29 is 14.3 Å². The molecular weight excluding hydrogens is 316 g/mol. The van der Waals surface area contributed by atoms with Gasteiger partial charge in [0.2, 0.25) is 5.91 Å². The zero-order valence-electron chi connectivity index (χ0n) is 15.3. The van der Waals surface area contributed by atoms with E-state index < -0.39 is 0 Å². The molecule has 0 aliphatic rings. The van der Waals surface area contributed by atoms with Crippen molar-refractivity contribution in [2.75, 3.05) is 32.7 Å². The molecule has 5 nitrogen and oxygen atoms in total. The van der Waals surface area contributed by atoms with E-state index in [1.54, 1.807) is 14.2 Å². The number of likely N-dealkylation sites (N-methyl/N-ethyl adjacent to an activating group) is 1. The van der Waals surface area contributed by atoms with Crippen LogP contribution in [0.4, 0.5) is 5.69 Å². The van der Waals surface area contributed by atoms with E-state index in [1.165, 1.54) is 0 Å². The van der Waals surface area contributed by atoms with Crippen molar-refractivity contribution in [2.45, 2.75) is 19.4 Å². The Balaban J connectivity index is 1.92. The molecule has 1 N–H and O–H groups in total. The van der Waals surface area contributed by atoms with E-state index in [-0.39, 0.29) is 18.4 Å². The molecule has 25 heavy (non-hydrogen) atoms. The number of hydrogen-bond acceptors (Lipinski definition) is 4. The Hall–Kier alpha value is -2.69. The van der Waals surface area contributed by atoms with E-state index in [0.29, 0.717) is 18.0 Å². The average Bonchev–Trinajstić information content (AvgIpc) is 2.66. The van der Waals surface area contributed by atoms with Crippen LogP contribution in [0.5, 0.6) is 11.5 Å². The van der Waals surface area contributed by atoms with Crippen LogP contribution >= 0.6 is 0 Å². The number of benzene rings is 2. The number of carbonyl (C=O) groups is 1. The van der Waals surface area contributed by atoms with Gasteiger partial charge in [0, 0.05) is 30.9 Å². The summed E-state index contributed by atoms with van der Waals surface area (Å²) < 4.78 is 10.5. The molecule has 2 rings (SSSR count). The Kier molecular flexibility index (Phi) is 6.69. The third kappa shape index (κ3) is 5.14. The predicted molar refractivity (Wildman–Crippen MR) is 101 cm³/mol. The normalized spacial score (nSPS) is 11.5. The Morgan fingerprint density at radius 2 is 1.84 bits per heavy atom. The first-order chi connectivity index (χ1) is 12.0. The summed E-state index contributed by atoms with van der Waals surface area (Å²) in [5.74, 6) is 1.35. The highest BCUT2D eigenvalue weighted by atomic mass is 16.5. The van der Waals surface area contributed by atoms with Crippen LogP contribution in [0.1, 0.15) is 12.5 Å². The molecule has 0 saturated carbocycles. The number of hydrogen-bond donors (Lipinski definition) is 1. The first kappa shape index (κ1) is 18.6. The molecule has 2 aromatic carbocycles. The standard InChI is InChI=1S/C20H26N2O3/c1-15(22(2)17-8-6-5-7-9-17)14-21-20(23)13-16-12-18(24-3)10-11-19(16)25-4/h5-12,15H,13-14H2,1-4H3,(H,21,23). The van der Waals surface area contributed by atoms with E-state index in [2.05, 4.69) is 29.3 Å². The second-order valence-electron chi connectivity index (χ2n) is 5.95. The molecule has 0 bridgehead atoms. The summed E-state index contributed by atoms with van der Waals surface area (Å²) in [5, 5.41) is 2.99. The van der Waals surface area contributed by atoms with Crippen molar-refractivity contribution in [3.05, 3.63) is 54.1 Å². The van der Waals surface area contributed by atoms with Crippen LogP contribution in [0.15, 0.2) is 48.5 Å². The van der Waals surface area contributed by atoms with Crippen molar-refractivity contribution in [2.24, 2.45) is 0 Å². The predicted octanol–water partition coefficient (Wildman–Crippen LogP) is 2.89. The number of anilines is 1. The molecule has 5 heteroatoms. The number of ether oxygens (including phenoxy) is 2. The maximum absolute atomic E-state index is 12.3.